The maximum absolute atomic E-state index is 12.9. The number of carbonyl (C=O) groups is 1. The number of pyridine rings is 1. The number of rotatable bonds is 8. The highest BCUT2D eigenvalue weighted by atomic mass is 32.2. The Labute approximate surface area is 223 Å². The van der Waals surface area contributed by atoms with Gasteiger partial charge in [0.1, 0.15) is 11.4 Å². The van der Waals surface area contributed by atoms with Crippen molar-refractivity contribution in [2.45, 2.75) is 51.2 Å². The van der Waals surface area contributed by atoms with Crippen molar-refractivity contribution in [3.8, 4) is 17.0 Å². The van der Waals surface area contributed by atoms with E-state index in [0.29, 0.717) is 37.0 Å². The van der Waals surface area contributed by atoms with E-state index in [1.165, 1.54) is 17.6 Å². The maximum atomic E-state index is 12.9. The van der Waals surface area contributed by atoms with Gasteiger partial charge in [0.15, 0.2) is 9.84 Å². The lowest BCUT2D eigenvalue weighted by molar-refractivity contribution is 0.0590. The number of piperazine rings is 1. The van der Waals surface area contributed by atoms with E-state index >= 15 is 0 Å². The fourth-order valence-electron chi connectivity index (χ4n) is 4.26. The summed E-state index contributed by atoms with van der Waals surface area (Å²) in [6.45, 7) is 11.4. The molecule has 0 unspecified atom stereocenters. The summed E-state index contributed by atoms with van der Waals surface area (Å²) in [5.74, 6) is 0.607. The Morgan fingerprint density at radius 2 is 1.81 bits per heavy atom. The van der Waals surface area contributed by atoms with E-state index in [9.17, 15) is 13.2 Å². The Balaban J connectivity index is 1.47. The van der Waals surface area contributed by atoms with Crippen LogP contribution in [0.1, 0.15) is 48.8 Å². The Bertz CT molecular complexity index is 1340. The lowest BCUT2D eigenvalue weighted by Crippen LogP contribution is -2.50. The second-order valence-electron chi connectivity index (χ2n) is 9.87. The second-order valence-corrected chi connectivity index (χ2v) is 12.8. The lowest BCUT2D eigenvalue weighted by atomic mass is 10.1. The van der Waals surface area contributed by atoms with Crippen LogP contribution >= 0.6 is 11.3 Å². The van der Waals surface area contributed by atoms with Gasteiger partial charge in [-0.3, -0.25) is 14.7 Å². The molecule has 10 heteroatoms. The fraction of sp³-hybridized carbons (Fsp3) is 0.444. The van der Waals surface area contributed by atoms with Crippen LogP contribution in [0.4, 0.5) is 0 Å². The van der Waals surface area contributed by atoms with Crippen LogP contribution in [0.15, 0.2) is 46.8 Å². The molecule has 1 aliphatic rings. The molecule has 1 saturated heterocycles. The van der Waals surface area contributed by atoms with Gasteiger partial charge in [0.25, 0.3) is 5.91 Å². The standard InChI is InChI=1S/C27H34N4O4S2/c1-18(2)30-10-12-31(13-11-30)27(32)23-8-6-20(16-28-23)24-17-36-26(29-24)15-21-14-22(37(5,33)34)7-9-25(21)35-19(3)4/h6-9,14,16-19H,10-13,15H2,1-5H3. The van der Waals surface area contributed by atoms with Gasteiger partial charge in [0, 0.05) is 67.6 Å². The molecule has 1 aliphatic heterocycles. The van der Waals surface area contributed by atoms with Crippen LogP contribution in [0.5, 0.6) is 5.75 Å². The molecule has 198 valence electrons. The van der Waals surface area contributed by atoms with Gasteiger partial charge in [-0.2, -0.15) is 0 Å². The third-order valence-corrected chi connectivity index (χ3v) is 8.29. The quantitative estimate of drug-likeness (QED) is 0.422. The van der Waals surface area contributed by atoms with Crippen LogP contribution in [0.25, 0.3) is 11.3 Å². The van der Waals surface area contributed by atoms with Crippen molar-refractivity contribution in [3.05, 3.63) is 58.2 Å². The summed E-state index contributed by atoms with van der Waals surface area (Å²) in [4.78, 5) is 26.6. The van der Waals surface area contributed by atoms with Gasteiger partial charge in [0.05, 0.1) is 21.7 Å². The molecule has 2 aromatic heterocycles. The van der Waals surface area contributed by atoms with Crippen molar-refractivity contribution in [3.63, 3.8) is 0 Å². The number of hydrogen-bond donors (Lipinski definition) is 0. The zero-order valence-corrected chi connectivity index (χ0v) is 23.6. The Morgan fingerprint density at radius 1 is 1.08 bits per heavy atom. The number of sulfone groups is 1. The van der Waals surface area contributed by atoms with E-state index in [1.54, 1.807) is 30.5 Å². The number of ether oxygens (including phenoxy) is 1. The Morgan fingerprint density at radius 3 is 2.41 bits per heavy atom. The van der Waals surface area contributed by atoms with Gasteiger partial charge in [-0.15, -0.1) is 11.3 Å². The summed E-state index contributed by atoms with van der Waals surface area (Å²) in [6.07, 6.45) is 3.29. The highest BCUT2D eigenvalue weighted by molar-refractivity contribution is 7.90. The third-order valence-electron chi connectivity index (χ3n) is 6.33. The van der Waals surface area contributed by atoms with Gasteiger partial charge < -0.3 is 9.64 Å². The molecule has 3 heterocycles. The lowest BCUT2D eigenvalue weighted by Gasteiger charge is -2.36. The second kappa shape index (κ2) is 11.3. The highest BCUT2D eigenvalue weighted by Crippen LogP contribution is 2.29. The number of benzene rings is 1. The molecule has 1 aromatic carbocycles. The number of aromatic nitrogens is 2. The predicted molar refractivity (Wildman–Crippen MR) is 146 cm³/mol. The number of carbonyl (C=O) groups excluding carboxylic acids is 1. The molecule has 0 atom stereocenters. The SMILES string of the molecule is CC(C)Oc1ccc(S(C)(=O)=O)cc1Cc1nc(-c2ccc(C(=O)N3CCN(C(C)C)CC3)nc2)cs1. The van der Waals surface area contributed by atoms with Crippen molar-refractivity contribution in [1.29, 1.82) is 0 Å². The zero-order chi connectivity index (χ0) is 26.7. The minimum atomic E-state index is -3.34. The predicted octanol–water partition coefficient (Wildman–Crippen LogP) is 4.15. The van der Waals surface area contributed by atoms with Crippen LogP contribution in [0.3, 0.4) is 0 Å². The molecular weight excluding hydrogens is 508 g/mol. The molecule has 0 saturated carbocycles. The zero-order valence-electron chi connectivity index (χ0n) is 22.0. The molecule has 0 N–H and O–H groups in total. The molecule has 4 rings (SSSR count). The van der Waals surface area contributed by atoms with Crippen molar-refractivity contribution < 1.29 is 17.9 Å². The summed E-state index contributed by atoms with van der Waals surface area (Å²) >= 11 is 1.49. The molecule has 3 aromatic rings. The molecule has 0 aliphatic carbocycles. The number of hydrogen-bond acceptors (Lipinski definition) is 8. The van der Waals surface area contributed by atoms with Crippen LogP contribution in [-0.4, -0.2) is 78.7 Å². The average molecular weight is 543 g/mol. The summed E-state index contributed by atoms with van der Waals surface area (Å²) in [5.41, 5.74) is 2.80. The molecule has 0 bridgehead atoms. The monoisotopic (exact) mass is 542 g/mol. The van der Waals surface area contributed by atoms with Gasteiger partial charge in [-0.25, -0.2) is 13.4 Å². The summed E-state index contributed by atoms with van der Waals surface area (Å²) in [6, 6.07) is 9.06. The van der Waals surface area contributed by atoms with Crippen molar-refractivity contribution in [1.82, 2.24) is 19.8 Å². The van der Waals surface area contributed by atoms with Crippen molar-refractivity contribution >= 4 is 27.1 Å². The molecule has 0 radical (unpaired) electrons. The number of amides is 1. The summed E-state index contributed by atoms with van der Waals surface area (Å²) < 4.78 is 30.1. The largest absolute Gasteiger partial charge is 0.491 e. The average Bonchev–Trinajstić information content (AvgIpc) is 3.32. The first-order valence-electron chi connectivity index (χ1n) is 12.4. The van der Waals surface area contributed by atoms with E-state index in [2.05, 4.69) is 23.7 Å². The topological polar surface area (TPSA) is 92.7 Å². The van der Waals surface area contributed by atoms with Crippen molar-refractivity contribution in [2.24, 2.45) is 0 Å². The molecular formula is C27H34N4O4S2. The van der Waals surface area contributed by atoms with Gasteiger partial charge in [-0.1, -0.05) is 0 Å². The number of thiazole rings is 1. The first-order chi connectivity index (χ1) is 17.5. The van der Waals surface area contributed by atoms with Crippen LogP contribution in [0, 0.1) is 0 Å². The van der Waals surface area contributed by atoms with Crippen LogP contribution in [-0.2, 0) is 16.3 Å². The fourth-order valence-corrected chi connectivity index (χ4v) is 5.75. The number of nitrogens with zero attached hydrogens (tertiary/aromatic N) is 4. The summed E-state index contributed by atoms with van der Waals surface area (Å²) in [5, 5.41) is 2.78. The van der Waals surface area contributed by atoms with Crippen LogP contribution in [0.2, 0.25) is 0 Å². The Hall–Kier alpha value is -2.82. The third kappa shape index (κ3) is 6.74. The van der Waals surface area contributed by atoms with E-state index in [1.807, 2.05) is 30.2 Å². The van der Waals surface area contributed by atoms with E-state index < -0.39 is 9.84 Å². The first kappa shape index (κ1) is 27.2. The van der Waals surface area contributed by atoms with E-state index in [-0.39, 0.29) is 16.9 Å². The first-order valence-corrected chi connectivity index (χ1v) is 15.2. The smallest absolute Gasteiger partial charge is 0.272 e. The highest BCUT2D eigenvalue weighted by Gasteiger charge is 2.24. The van der Waals surface area contributed by atoms with E-state index in [0.717, 1.165) is 34.9 Å². The molecule has 1 amide bonds. The normalized spacial score (nSPS) is 14.9. The van der Waals surface area contributed by atoms with Gasteiger partial charge in [-0.05, 0) is 58.0 Å². The van der Waals surface area contributed by atoms with E-state index in [4.69, 9.17) is 9.72 Å². The molecule has 8 nitrogen and oxygen atoms in total. The molecule has 1 fully saturated rings. The van der Waals surface area contributed by atoms with Gasteiger partial charge in [0.2, 0.25) is 0 Å². The molecule has 37 heavy (non-hydrogen) atoms. The maximum Gasteiger partial charge on any atom is 0.272 e. The molecule has 0 spiro atoms. The summed E-state index contributed by atoms with van der Waals surface area (Å²) in [7, 11) is -3.34. The minimum Gasteiger partial charge on any atom is -0.491 e. The Kier molecular flexibility index (Phi) is 8.30. The van der Waals surface area contributed by atoms with Crippen molar-refractivity contribution in [2.75, 3.05) is 32.4 Å². The van der Waals surface area contributed by atoms with Crippen LogP contribution < -0.4 is 4.74 Å². The minimum absolute atomic E-state index is 0.0407. The van der Waals surface area contributed by atoms with Gasteiger partial charge >= 0.3 is 0 Å².